The van der Waals surface area contributed by atoms with Crippen molar-refractivity contribution in [1.29, 1.82) is 0 Å². The van der Waals surface area contributed by atoms with Crippen molar-refractivity contribution in [3.63, 3.8) is 0 Å². The van der Waals surface area contributed by atoms with E-state index in [0.29, 0.717) is 5.41 Å². The molecular formula is C17H34N2. The van der Waals surface area contributed by atoms with Crippen molar-refractivity contribution in [2.24, 2.45) is 11.3 Å². The summed E-state index contributed by atoms with van der Waals surface area (Å²) >= 11 is 0. The van der Waals surface area contributed by atoms with E-state index in [0.717, 1.165) is 12.0 Å². The fraction of sp³-hybridized carbons (Fsp3) is 1.00. The molecule has 2 nitrogen and oxygen atoms in total. The van der Waals surface area contributed by atoms with Crippen LogP contribution in [0.25, 0.3) is 0 Å². The summed E-state index contributed by atoms with van der Waals surface area (Å²) in [6.45, 7) is 8.74. The van der Waals surface area contributed by atoms with Gasteiger partial charge in [0.1, 0.15) is 0 Å². The minimum absolute atomic E-state index is 0.622. The maximum atomic E-state index is 3.61. The van der Waals surface area contributed by atoms with Gasteiger partial charge in [0.2, 0.25) is 0 Å². The summed E-state index contributed by atoms with van der Waals surface area (Å²) < 4.78 is 0. The number of nitrogens with zero attached hydrogens (tertiary/aromatic N) is 1. The lowest BCUT2D eigenvalue weighted by Crippen LogP contribution is -2.48. The summed E-state index contributed by atoms with van der Waals surface area (Å²) in [6.07, 6.45) is 11.4. The first-order valence-corrected chi connectivity index (χ1v) is 8.56. The van der Waals surface area contributed by atoms with Crippen LogP contribution in [0, 0.1) is 11.3 Å². The van der Waals surface area contributed by atoms with Crippen LogP contribution in [0.1, 0.15) is 65.2 Å². The molecule has 0 bridgehead atoms. The Kier molecular flexibility index (Phi) is 5.70. The van der Waals surface area contributed by atoms with Crippen LogP contribution in [0.2, 0.25) is 0 Å². The number of piperidine rings is 1. The van der Waals surface area contributed by atoms with E-state index in [2.05, 4.69) is 31.1 Å². The highest BCUT2D eigenvalue weighted by molar-refractivity contribution is 4.86. The standard InChI is InChI=1S/C17H34N2/c1-4-17(2)10-12-19(13-11-17)14-16(18-3)15-8-6-5-7-9-15/h15-16,18H,4-14H2,1-3H3. The van der Waals surface area contributed by atoms with Crippen LogP contribution in [0.5, 0.6) is 0 Å². The molecule has 1 unspecified atom stereocenters. The maximum Gasteiger partial charge on any atom is 0.0220 e. The second kappa shape index (κ2) is 7.08. The lowest BCUT2D eigenvalue weighted by molar-refractivity contribution is 0.0951. The quantitative estimate of drug-likeness (QED) is 0.817. The van der Waals surface area contributed by atoms with E-state index in [1.165, 1.54) is 71.0 Å². The van der Waals surface area contributed by atoms with Gasteiger partial charge in [0.05, 0.1) is 0 Å². The van der Waals surface area contributed by atoms with Crippen molar-refractivity contribution in [3.05, 3.63) is 0 Å². The average molecular weight is 266 g/mol. The maximum absolute atomic E-state index is 3.61. The van der Waals surface area contributed by atoms with Crippen molar-refractivity contribution < 1.29 is 0 Å². The van der Waals surface area contributed by atoms with Gasteiger partial charge in [0.25, 0.3) is 0 Å². The summed E-state index contributed by atoms with van der Waals surface area (Å²) in [7, 11) is 2.17. The summed E-state index contributed by atoms with van der Waals surface area (Å²) in [5.74, 6) is 0.929. The van der Waals surface area contributed by atoms with Crippen molar-refractivity contribution >= 4 is 0 Å². The molecule has 1 N–H and O–H groups in total. The second-order valence-electron chi connectivity index (χ2n) is 7.26. The molecule has 1 aliphatic carbocycles. The van der Waals surface area contributed by atoms with E-state index >= 15 is 0 Å². The second-order valence-corrected chi connectivity index (χ2v) is 7.26. The Bertz CT molecular complexity index is 250. The predicted molar refractivity (Wildman–Crippen MR) is 83.5 cm³/mol. The first kappa shape index (κ1) is 15.3. The number of nitrogens with one attached hydrogen (secondary N) is 1. The molecule has 1 atom stereocenters. The molecule has 0 aromatic carbocycles. The van der Waals surface area contributed by atoms with Crippen LogP contribution in [0.3, 0.4) is 0 Å². The third-order valence-electron chi connectivity index (χ3n) is 5.96. The largest absolute Gasteiger partial charge is 0.315 e. The van der Waals surface area contributed by atoms with Gasteiger partial charge in [-0.2, -0.15) is 0 Å². The normalized spacial score (nSPS) is 27.3. The monoisotopic (exact) mass is 266 g/mol. The van der Waals surface area contributed by atoms with Crippen LogP contribution in [0.15, 0.2) is 0 Å². The van der Waals surface area contributed by atoms with E-state index in [4.69, 9.17) is 0 Å². The minimum Gasteiger partial charge on any atom is -0.315 e. The van der Waals surface area contributed by atoms with Crippen LogP contribution >= 0.6 is 0 Å². The predicted octanol–water partition coefficient (Wildman–Crippen LogP) is 3.67. The molecule has 1 saturated carbocycles. The molecule has 19 heavy (non-hydrogen) atoms. The van der Waals surface area contributed by atoms with Crippen LogP contribution < -0.4 is 5.32 Å². The SMILES string of the molecule is CCC1(C)CCN(CC(NC)C2CCCCC2)CC1. The van der Waals surface area contributed by atoms with Crippen molar-refractivity contribution in [2.75, 3.05) is 26.7 Å². The lowest BCUT2D eigenvalue weighted by atomic mass is 9.78. The number of likely N-dealkylation sites (N-methyl/N-ethyl adjacent to an activating group) is 1. The number of hydrogen-bond acceptors (Lipinski definition) is 2. The molecule has 112 valence electrons. The van der Waals surface area contributed by atoms with Gasteiger partial charge in [-0.1, -0.05) is 39.5 Å². The van der Waals surface area contributed by atoms with Crippen molar-refractivity contribution in [3.8, 4) is 0 Å². The Morgan fingerprint density at radius 1 is 1.16 bits per heavy atom. The van der Waals surface area contributed by atoms with E-state index < -0.39 is 0 Å². The molecule has 2 rings (SSSR count). The van der Waals surface area contributed by atoms with Gasteiger partial charge < -0.3 is 10.2 Å². The highest BCUT2D eigenvalue weighted by Crippen LogP contribution is 2.34. The molecule has 2 aliphatic rings. The first-order chi connectivity index (χ1) is 9.17. The summed E-state index contributed by atoms with van der Waals surface area (Å²) in [4.78, 5) is 2.72. The summed E-state index contributed by atoms with van der Waals surface area (Å²) in [5, 5.41) is 3.61. The van der Waals surface area contributed by atoms with Crippen LogP contribution in [-0.4, -0.2) is 37.6 Å². The van der Waals surface area contributed by atoms with Gasteiger partial charge in [0.15, 0.2) is 0 Å². The van der Waals surface area contributed by atoms with Gasteiger partial charge >= 0.3 is 0 Å². The van der Waals surface area contributed by atoms with Gasteiger partial charge in [0, 0.05) is 12.6 Å². The molecule has 1 heterocycles. The van der Waals surface area contributed by atoms with Crippen LogP contribution in [0.4, 0.5) is 0 Å². The third-order valence-corrected chi connectivity index (χ3v) is 5.96. The molecule has 0 radical (unpaired) electrons. The number of rotatable bonds is 5. The van der Waals surface area contributed by atoms with Crippen molar-refractivity contribution in [1.82, 2.24) is 10.2 Å². The fourth-order valence-electron chi connectivity index (χ4n) is 3.92. The molecule has 1 saturated heterocycles. The zero-order valence-electron chi connectivity index (χ0n) is 13.4. The third kappa shape index (κ3) is 4.19. The lowest BCUT2D eigenvalue weighted by Gasteiger charge is -2.41. The van der Waals surface area contributed by atoms with Crippen molar-refractivity contribution in [2.45, 2.75) is 71.3 Å². The Balaban J connectivity index is 1.79. The Labute approximate surface area is 120 Å². The number of likely N-dealkylation sites (tertiary alicyclic amines) is 1. The smallest absolute Gasteiger partial charge is 0.0220 e. The van der Waals surface area contributed by atoms with Crippen LogP contribution in [-0.2, 0) is 0 Å². The number of hydrogen-bond donors (Lipinski definition) is 1. The van der Waals surface area contributed by atoms with E-state index in [1.54, 1.807) is 0 Å². The molecule has 0 aromatic rings. The molecule has 2 heteroatoms. The van der Waals surface area contributed by atoms with E-state index in [9.17, 15) is 0 Å². The highest BCUT2D eigenvalue weighted by Gasteiger charge is 2.30. The highest BCUT2D eigenvalue weighted by atomic mass is 15.2. The fourth-order valence-corrected chi connectivity index (χ4v) is 3.92. The van der Waals surface area contributed by atoms with Gasteiger partial charge in [-0.25, -0.2) is 0 Å². The van der Waals surface area contributed by atoms with Gasteiger partial charge in [-0.3, -0.25) is 0 Å². The molecule has 0 amide bonds. The Morgan fingerprint density at radius 3 is 2.32 bits per heavy atom. The molecule has 2 fully saturated rings. The van der Waals surface area contributed by atoms with E-state index in [1.807, 2.05) is 0 Å². The first-order valence-electron chi connectivity index (χ1n) is 8.56. The zero-order valence-corrected chi connectivity index (χ0v) is 13.4. The Morgan fingerprint density at radius 2 is 1.79 bits per heavy atom. The van der Waals surface area contributed by atoms with E-state index in [-0.39, 0.29) is 0 Å². The average Bonchev–Trinajstić information content (AvgIpc) is 2.48. The molecular weight excluding hydrogens is 232 g/mol. The zero-order chi connectivity index (χ0) is 13.7. The Hall–Kier alpha value is -0.0800. The molecule has 1 aliphatic heterocycles. The minimum atomic E-state index is 0.622. The molecule has 0 aromatic heterocycles. The summed E-state index contributed by atoms with van der Waals surface area (Å²) in [5.41, 5.74) is 0.622. The molecule has 0 spiro atoms. The summed E-state index contributed by atoms with van der Waals surface area (Å²) in [6, 6.07) is 0.728. The topological polar surface area (TPSA) is 15.3 Å². The van der Waals surface area contributed by atoms with Gasteiger partial charge in [-0.05, 0) is 57.2 Å². The van der Waals surface area contributed by atoms with Gasteiger partial charge in [-0.15, -0.1) is 0 Å².